The minimum Gasteiger partial charge on any atom is -0.507 e. The van der Waals surface area contributed by atoms with E-state index in [0.717, 1.165) is 59.0 Å². The molecule has 0 atom stereocenters. The zero-order valence-electron chi connectivity index (χ0n) is 18.5. The molecule has 2 aromatic carbocycles. The highest BCUT2D eigenvalue weighted by Crippen LogP contribution is 2.46. The molecule has 31 heavy (non-hydrogen) atoms. The van der Waals surface area contributed by atoms with E-state index < -0.39 is 0 Å². The highest BCUT2D eigenvalue weighted by atomic mass is 16.3. The van der Waals surface area contributed by atoms with Crippen LogP contribution >= 0.6 is 0 Å². The minimum absolute atomic E-state index is 0.122. The molecule has 5 N–H and O–H groups in total. The van der Waals surface area contributed by atoms with Crippen molar-refractivity contribution in [1.82, 2.24) is 19.8 Å². The Morgan fingerprint density at radius 3 is 2.00 bits per heavy atom. The van der Waals surface area contributed by atoms with Crippen LogP contribution in [0.25, 0.3) is 32.9 Å². The van der Waals surface area contributed by atoms with Gasteiger partial charge in [-0.25, -0.2) is 0 Å². The number of aromatic amines is 2. The van der Waals surface area contributed by atoms with Crippen molar-refractivity contribution >= 4 is 21.8 Å². The summed E-state index contributed by atoms with van der Waals surface area (Å²) in [6, 6.07) is 5.26. The third kappa shape index (κ3) is 3.82. The largest absolute Gasteiger partial charge is 0.507 e. The Morgan fingerprint density at radius 2 is 1.35 bits per heavy atom. The summed E-state index contributed by atoms with van der Waals surface area (Å²) >= 11 is 0. The predicted molar refractivity (Wildman–Crippen MR) is 125 cm³/mol. The van der Waals surface area contributed by atoms with Crippen LogP contribution in [0.3, 0.4) is 0 Å². The number of nitrogens with one attached hydrogen (secondary N) is 2. The number of phenolic OH excluding ortho intramolecular Hbond substituents is 3. The second-order valence-corrected chi connectivity index (χ2v) is 8.66. The van der Waals surface area contributed by atoms with Crippen molar-refractivity contribution < 1.29 is 15.3 Å². The average Bonchev–Trinajstić information content (AvgIpc) is 3.33. The van der Waals surface area contributed by atoms with Crippen LogP contribution in [0.5, 0.6) is 17.2 Å². The molecule has 0 amide bonds. The van der Waals surface area contributed by atoms with E-state index in [1.54, 1.807) is 12.1 Å². The molecule has 0 aliphatic rings. The molecule has 0 radical (unpaired) electrons. The first-order valence-electron chi connectivity index (χ1n) is 10.4. The number of H-pyrrole nitrogens is 2. The monoisotopic (exact) mass is 422 g/mol. The lowest BCUT2D eigenvalue weighted by molar-refractivity contribution is 0.407. The third-order valence-electron chi connectivity index (χ3n) is 5.84. The fourth-order valence-corrected chi connectivity index (χ4v) is 4.14. The van der Waals surface area contributed by atoms with Crippen LogP contribution in [0, 0.1) is 0 Å². The summed E-state index contributed by atoms with van der Waals surface area (Å²) in [4.78, 5) is 10.7. The number of nitrogens with zero attached hydrogens (tertiary/aromatic N) is 2. The minimum atomic E-state index is -0.158. The van der Waals surface area contributed by atoms with Gasteiger partial charge in [-0.15, -0.1) is 0 Å². The van der Waals surface area contributed by atoms with Gasteiger partial charge >= 0.3 is 0 Å². The van der Waals surface area contributed by atoms with Gasteiger partial charge in [0.25, 0.3) is 0 Å². The number of hydrogen-bond donors (Lipinski definition) is 5. The van der Waals surface area contributed by atoms with E-state index in [0.29, 0.717) is 10.9 Å². The van der Waals surface area contributed by atoms with Crippen LogP contribution in [0.15, 0.2) is 30.6 Å². The van der Waals surface area contributed by atoms with Gasteiger partial charge < -0.3 is 35.1 Å². The quantitative estimate of drug-likeness (QED) is 0.293. The number of rotatable bonds is 7. The van der Waals surface area contributed by atoms with Crippen molar-refractivity contribution in [3.05, 3.63) is 41.7 Å². The summed E-state index contributed by atoms with van der Waals surface area (Å²) in [6.45, 7) is 1.69. The Labute approximate surface area is 181 Å². The predicted octanol–water partition coefficient (Wildman–Crippen LogP) is 3.64. The number of likely N-dealkylation sites (N-methyl/N-ethyl adjacent to an activating group) is 2. The van der Waals surface area contributed by atoms with Gasteiger partial charge in [-0.3, -0.25) is 0 Å². The normalized spacial score (nSPS) is 12.1. The summed E-state index contributed by atoms with van der Waals surface area (Å²) in [7, 11) is 8.03. The second kappa shape index (κ2) is 8.17. The van der Waals surface area contributed by atoms with Crippen molar-refractivity contribution in [2.45, 2.75) is 12.8 Å². The standard InChI is InChI=1S/C24H30N4O3/c1-27(2)9-7-14-12-25-18-11-17(23(30)24(31)20(14)18)16-5-6-19(29)21-15(8-10-28(3)4)13-26-22(16)21/h5-6,11-13,25-26,29-31H,7-10H2,1-4H3. The van der Waals surface area contributed by atoms with Gasteiger partial charge in [-0.05, 0) is 70.4 Å². The van der Waals surface area contributed by atoms with Gasteiger partial charge in [0.2, 0.25) is 0 Å². The molecule has 2 heterocycles. The first-order chi connectivity index (χ1) is 14.8. The molecule has 0 aliphatic heterocycles. The number of aromatic nitrogens is 2. The number of phenols is 3. The average molecular weight is 423 g/mol. The first-order valence-corrected chi connectivity index (χ1v) is 10.4. The molecule has 4 aromatic rings. The first kappa shape index (κ1) is 21.1. The third-order valence-corrected chi connectivity index (χ3v) is 5.84. The lowest BCUT2D eigenvalue weighted by Crippen LogP contribution is -2.14. The van der Waals surface area contributed by atoms with E-state index in [-0.39, 0.29) is 17.2 Å². The molecule has 0 unspecified atom stereocenters. The Hall–Kier alpha value is -3.16. The summed E-state index contributed by atoms with van der Waals surface area (Å²) < 4.78 is 0. The van der Waals surface area contributed by atoms with Crippen LogP contribution in [0.2, 0.25) is 0 Å². The maximum absolute atomic E-state index is 10.9. The van der Waals surface area contributed by atoms with Gasteiger partial charge in [0.1, 0.15) is 5.75 Å². The number of fused-ring (bicyclic) bond motifs is 2. The lowest BCUT2D eigenvalue weighted by Gasteiger charge is -2.12. The molecular weight excluding hydrogens is 392 g/mol. The highest BCUT2D eigenvalue weighted by Gasteiger charge is 2.21. The SMILES string of the molecule is CN(C)CCc1c[nH]c2cc(-c3ccc(O)c4c(CCN(C)C)c[nH]c34)c(O)c(O)c12. The van der Waals surface area contributed by atoms with E-state index in [2.05, 4.69) is 19.8 Å². The Balaban J connectivity index is 1.84. The van der Waals surface area contributed by atoms with Crippen LogP contribution in [-0.4, -0.2) is 76.4 Å². The fraction of sp³-hybridized carbons (Fsp3) is 0.333. The van der Waals surface area contributed by atoms with Crippen LogP contribution < -0.4 is 0 Å². The van der Waals surface area contributed by atoms with Gasteiger partial charge in [-0.1, -0.05) is 0 Å². The van der Waals surface area contributed by atoms with Crippen LogP contribution in [0.4, 0.5) is 0 Å². The van der Waals surface area contributed by atoms with E-state index >= 15 is 0 Å². The van der Waals surface area contributed by atoms with E-state index in [1.165, 1.54) is 0 Å². The lowest BCUT2D eigenvalue weighted by atomic mass is 9.97. The van der Waals surface area contributed by atoms with E-state index in [4.69, 9.17) is 0 Å². The smallest absolute Gasteiger partial charge is 0.167 e. The Morgan fingerprint density at radius 1 is 0.742 bits per heavy atom. The van der Waals surface area contributed by atoms with Gasteiger partial charge in [0.05, 0.1) is 11.0 Å². The van der Waals surface area contributed by atoms with Gasteiger partial charge in [0.15, 0.2) is 11.5 Å². The van der Waals surface area contributed by atoms with E-state index in [9.17, 15) is 15.3 Å². The highest BCUT2D eigenvalue weighted by molar-refractivity contribution is 6.04. The van der Waals surface area contributed by atoms with Crippen molar-refractivity contribution in [3.63, 3.8) is 0 Å². The molecule has 0 saturated heterocycles. The molecule has 0 spiro atoms. The molecule has 0 aliphatic carbocycles. The van der Waals surface area contributed by atoms with Gasteiger partial charge in [0, 0.05) is 47.4 Å². The maximum atomic E-state index is 10.9. The Kier molecular flexibility index (Phi) is 5.56. The van der Waals surface area contributed by atoms with Crippen molar-refractivity contribution in [2.24, 2.45) is 0 Å². The molecule has 4 rings (SSSR count). The molecule has 7 heteroatoms. The number of benzene rings is 2. The maximum Gasteiger partial charge on any atom is 0.167 e. The number of hydrogen-bond acceptors (Lipinski definition) is 5. The second-order valence-electron chi connectivity index (χ2n) is 8.66. The molecule has 2 aromatic heterocycles. The van der Waals surface area contributed by atoms with Crippen molar-refractivity contribution in [2.75, 3.05) is 41.3 Å². The molecule has 164 valence electrons. The van der Waals surface area contributed by atoms with Crippen LogP contribution in [0.1, 0.15) is 11.1 Å². The summed E-state index contributed by atoms with van der Waals surface area (Å²) in [5.41, 5.74) is 4.71. The zero-order chi connectivity index (χ0) is 22.3. The number of aromatic hydroxyl groups is 3. The fourth-order valence-electron chi connectivity index (χ4n) is 4.14. The molecule has 7 nitrogen and oxygen atoms in total. The summed E-state index contributed by atoms with van der Waals surface area (Å²) in [6.07, 6.45) is 5.33. The molecule has 0 saturated carbocycles. The zero-order valence-corrected chi connectivity index (χ0v) is 18.5. The van der Waals surface area contributed by atoms with Crippen molar-refractivity contribution in [1.29, 1.82) is 0 Å². The molecular formula is C24H30N4O3. The van der Waals surface area contributed by atoms with Gasteiger partial charge in [-0.2, -0.15) is 0 Å². The summed E-state index contributed by atoms with van der Waals surface area (Å²) in [5, 5.41) is 33.7. The summed E-state index contributed by atoms with van der Waals surface area (Å²) in [5.74, 6) is -0.0813. The topological polar surface area (TPSA) is 98.8 Å². The molecule has 0 fully saturated rings. The van der Waals surface area contributed by atoms with Crippen LogP contribution in [-0.2, 0) is 12.8 Å². The Bertz CT molecular complexity index is 1240. The molecule has 0 bridgehead atoms. The van der Waals surface area contributed by atoms with Crippen molar-refractivity contribution in [3.8, 4) is 28.4 Å². The van der Waals surface area contributed by atoms with E-state index in [1.807, 2.05) is 46.7 Å².